The summed E-state index contributed by atoms with van der Waals surface area (Å²) in [5.74, 6) is 0. The maximum absolute atomic E-state index is 10.4. The molecule has 0 saturated carbocycles. The molecule has 1 aromatic carbocycles. The first kappa shape index (κ1) is 7.78. The van der Waals surface area contributed by atoms with Gasteiger partial charge in [-0.3, -0.25) is 0 Å². The van der Waals surface area contributed by atoms with Crippen molar-refractivity contribution in [3.63, 3.8) is 0 Å². The molecule has 4 heteroatoms. The van der Waals surface area contributed by atoms with Gasteiger partial charge in [0.1, 0.15) is 0 Å². The van der Waals surface area contributed by atoms with Gasteiger partial charge in [0.15, 0.2) is 0 Å². The van der Waals surface area contributed by atoms with Gasteiger partial charge in [-0.2, -0.15) is 0 Å². The van der Waals surface area contributed by atoms with Crippen LogP contribution in [0.3, 0.4) is 0 Å². The van der Waals surface area contributed by atoms with Crippen molar-refractivity contribution < 1.29 is 4.92 Å². The van der Waals surface area contributed by atoms with Crippen molar-refractivity contribution in [1.82, 2.24) is 0 Å². The molecule has 12 heavy (non-hydrogen) atoms. The fraction of sp³-hybridized carbons (Fsp3) is 0. The molecule has 0 amide bonds. The van der Waals surface area contributed by atoms with Crippen LogP contribution in [0.1, 0.15) is 0 Å². The van der Waals surface area contributed by atoms with Gasteiger partial charge in [0.25, 0.3) is 0 Å². The number of nitro groups is 1. The Bertz CT molecular complexity index is 435. The summed E-state index contributed by atoms with van der Waals surface area (Å²) in [6.45, 7) is 0. The second kappa shape index (κ2) is 2.89. The van der Waals surface area contributed by atoms with E-state index in [1.807, 2.05) is 12.1 Å². The van der Waals surface area contributed by atoms with Crippen LogP contribution in [-0.2, 0) is 0 Å². The van der Waals surface area contributed by atoms with Crippen LogP contribution < -0.4 is 0 Å². The number of nitrogens with zero attached hydrogens (tertiary/aromatic N) is 1. The van der Waals surface area contributed by atoms with Gasteiger partial charge in [-0.15, -0.1) is 0 Å². The number of fused-ring (bicyclic) bond motifs is 1. The summed E-state index contributed by atoms with van der Waals surface area (Å²) in [6.07, 6.45) is 0. The summed E-state index contributed by atoms with van der Waals surface area (Å²) in [5, 5.41) is 11.4. The quantitative estimate of drug-likeness (QED) is 0.452. The Morgan fingerprint density at radius 2 is 2.17 bits per heavy atom. The third-order valence-electron chi connectivity index (χ3n) is 1.65. The molecule has 0 aliphatic rings. The van der Waals surface area contributed by atoms with Crippen molar-refractivity contribution in [2.24, 2.45) is 0 Å². The Morgan fingerprint density at radius 3 is 2.92 bits per heavy atom. The predicted molar refractivity (Wildman–Crippen MR) is 47.5 cm³/mol. The van der Waals surface area contributed by atoms with Gasteiger partial charge in [-0.05, 0) is 0 Å². The number of non-ortho nitro benzene ring substituents is 1. The van der Waals surface area contributed by atoms with Crippen molar-refractivity contribution in [2.75, 3.05) is 0 Å². The van der Waals surface area contributed by atoms with Gasteiger partial charge >= 0.3 is 78.3 Å². The van der Waals surface area contributed by atoms with Gasteiger partial charge < -0.3 is 0 Å². The molecule has 0 atom stereocenters. The van der Waals surface area contributed by atoms with Crippen LogP contribution in [0.4, 0.5) is 5.69 Å². The van der Waals surface area contributed by atoms with Crippen LogP contribution in [-0.4, -0.2) is 25.4 Å². The summed E-state index contributed by atoms with van der Waals surface area (Å²) in [7, 11) is 0. The van der Waals surface area contributed by atoms with E-state index in [1.54, 1.807) is 12.1 Å². The van der Waals surface area contributed by atoms with Gasteiger partial charge in [-0.1, -0.05) is 0 Å². The molecule has 1 aromatic heterocycles. The second-order valence-corrected chi connectivity index (χ2v) is 5.10. The molecule has 0 bridgehead atoms. The molecular formula is C8H5NO2Te. The van der Waals surface area contributed by atoms with Crippen LogP contribution >= 0.6 is 0 Å². The van der Waals surface area contributed by atoms with E-state index in [4.69, 9.17) is 0 Å². The minimum absolute atomic E-state index is 0.179. The molecule has 0 fully saturated rings. The van der Waals surface area contributed by atoms with Crippen molar-refractivity contribution >= 4 is 34.9 Å². The molecule has 0 aliphatic carbocycles. The summed E-state index contributed by atoms with van der Waals surface area (Å²) >= 11 is -0.179. The number of rotatable bonds is 1. The molecule has 0 radical (unpaired) electrons. The molecule has 0 unspecified atom stereocenters. The van der Waals surface area contributed by atoms with E-state index in [0.29, 0.717) is 0 Å². The molecule has 0 spiro atoms. The Labute approximate surface area is 78.4 Å². The third kappa shape index (κ3) is 1.24. The van der Waals surface area contributed by atoms with E-state index in [2.05, 4.69) is 4.08 Å². The molecule has 0 aliphatic heterocycles. The van der Waals surface area contributed by atoms with Crippen molar-refractivity contribution in [1.29, 1.82) is 0 Å². The first-order chi connectivity index (χ1) is 5.77. The van der Waals surface area contributed by atoms with Crippen molar-refractivity contribution in [2.45, 2.75) is 0 Å². The molecule has 0 N–H and O–H groups in total. The summed E-state index contributed by atoms with van der Waals surface area (Å²) in [4.78, 5) is 10.0. The first-order valence-electron chi connectivity index (χ1n) is 3.39. The van der Waals surface area contributed by atoms with E-state index in [-0.39, 0.29) is 31.0 Å². The number of hydrogen-bond donors (Lipinski definition) is 0. The zero-order valence-electron chi connectivity index (χ0n) is 6.06. The van der Waals surface area contributed by atoms with Crippen LogP contribution in [0, 0.1) is 10.1 Å². The summed E-state index contributed by atoms with van der Waals surface area (Å²) < 4.78 is 3.44. The van der Waals surface area contributed by atoms with Crippen LogP contribution in [0.15, 0.2) is 28.3 Å². The fourth-order valence-corrected chi connectivity index (χ4v) is 3.27. The van der Waals surface area contributed by atoms with E-state index in [9.17, 15) is 10.1 Å². The van der Waals surface area contributed by atoms with Gasteiger partial charge in [0.2, 0.25) is 0 Å². The minimum atomic E-state index is -0.354. The van der Waals surface area contributed by atoms with Crippen LogP contribution in [0.5, 0.6) is 0 Å². The first-order valence-corrected chi connectivity index (χ1v) is 5.90. The van der Waals surface area contributed by atoms with Gasteiger partial charge in [-0.25, -0.2) is 0 Å². The molecule has 1 heterocycles. The molecule has 2 aromatic rings. The van der Waals surface area contributed by atoms with Gasteiger partial charge in [0.05, 0.1) is 0 Å². The summed E-state index contributed by atoms with van der Waals surface area (Å²) in [6, 6.07) is 7.07. The Kier molecular flexibility index (Phi) is 1.87. The monoisotopic (exact) mass is 277 g/mol. The van der Waals surface area contributed by atoms with E-state index in [0.717, 1.165) is 5.39 Å². The number of hydrogen-bond acceptors (Lipinski definition) is 2. The summed E-state index contributed by atoms with van der Waals surface area (Å²) in [5.41, 5.74) is 0.188. The number of benzene rings is 1. The topological polar surface area (TPSA) is 43.1 Å². The average Bonchev–Trinajstić information content (AvgIpc) is 2.49. The van der Waals surface area contributed by atoms with Crippen molar-refractivity contribution in [3.8, 4) is 0 Å². The Hall–Kier alpha value is -0.850. The normalized spacial score (nSPS) is 10.3. The van der Waals surface area contributed by atoms with E-state index < -0.39 is 0 Å². The predicted octanol–water partition coefficient (Wildman–Crippen LogP) is 1.80. The van der Waals surface area contributed by atoms with Gasteiger partial charge in [0, 0.05) is 0 Å². The second-order valence-electron chi connectivity index (χ2n) is 2.40. The molecule has 3 nitrogen and oxygen atoms in total. The molecular weight excluding hydrogens is 270 g/mol. The van der Waals surface area contributed by atoms with Crippen LogP contribution in [0.2, 0.25) is 0 Å². The Morgan fingerprint density at radius 1 is 1.33 bits per heavy atom. The van der Waals surface area contributed by atoms with Crippen molar-refractivity contribution in [3.05, 3.63) is 38.5 Å². The van der Waals surface area contributed by atoms with E-state index in [1.165, 1.54) is 3.40 Å². The molecule has 0 saturated heterocycles. The molecule has 2 rings (SSSR count). The number of nitro benzene ring substituents is 1. The zero-order chi connectivity index (χ0) is 8.55. The zero-order valence-corrected chi connectivity index (χ0v) is 8.39. The third-order valence-corrected chi connectivity index (χ3v) is 4.21. The van der Waals surface area contributed by atoms with Crippen LogP contribution in [0.25, 0.3) is 8.79 Å². The fourth-order valence-electron chi connectivity index (χ4n) is 1.07. The SMILES string of the molecule is O=[N+]([O-])c1ccc2[te]ccc2c1. The average molecular weight is 275 g/mol. The molecule has 60 valence electrons. The standard InChI is InChI=1S/C8H5NO2Te/c10-9(11)7-1-2-8-6(5-7)3-4-12-8/h1-5H. The Balaban J connectivity index is 2.68. The van der Waals surface area contributed by atoms with E-state index >= 15 is 0 Å². The maximum atomic E-state index is 10.4.